The molecule has 2 aromatic carbocycles. The van der Waals surface area contributed by atoms with Gasteiger partial charge in [0.25, 0.3) is 11.6 Å². The minimum Gasteiger partial charge on any atom is -0.380 e. The molecule has 2 rings (SSSR count). The third kappa shape index (κ3) is 3.79. The Balaban J connectivity index is 2.31. The number of amides is 2. The molecule has 0 bridgehead atoms. The highest BCUT2D eigenvalue weighted by molar-refractivity contribution is 6.31. The molecule has 2 aromatic rings. The van der Waals surface area contributed by atoms with Crippen LogP contribution in [-0.2, 0) is 6.54 Å². The number of rotatable bonds is 6. The zero-order valence-electron chi connectivity index (χ0n) is 12.3. The maximum atomic E-state index is 11.4. The van der Waals surface area contributed by atoms with E-state index in [1.165, 1.54) is 18.2 Å². The van der Waals surface area contributed by atoms with E-state index >= 15 is 0 Å². The van der Waals surface area contributed by atoms with Gasteiger partial charge in [0.1, 0.15) is 0 Å². The summed E-state index contributed by atoms with van der Waals surface area (Å²) in [4.78, 5) is 33.1. The molecule has 0 aromatic heterocycles. The fraction of sp³-hybridized carbons (Fsp3) is 0.0667. The molecule has 0 spiro atoms. The lowest BCUT2D eigenvalue weighted by atomic mass is 10.1. The Morgan fingerprint density at radius 2 is 1.83 bits per heavy atom. The van der Waals surface area contributed by atoms with Gasteiger partial charge in [-0.2, -0.15) is 0 Å². The smallest absolute Gasteiger partial charge is 0.275 e. The van der Waals surface area contributed by atoms with Crippen molar-refractivity contribution in [2.24, 2.45) is 11.5 Å². The van der Waals surface area contributed by atoms with Crippen molar-refractivity contribution in [3.8, 4) is 0 Å². The first-order valence-electron chi connectivity index (χ1n) is 6.70. The molecule has 24 heavy (non-hydrogen) atoms. The number of carbonyl (C=O) groups excluding carboxylic acids is 2. The zero-order chi connectivity index (χ0) is 17.9. The second-order valence-corrected chi connectivity index (χ2v) is 5.31. The van der Waals surface area contributed by atoms with E-state index in [-0.39, 0.29) is 23.4 Å². The lowest BCUT2D eigenvalue weighted by Gasteiger charge is -2.11. The highest BCUT2D eigenvalue weighted by Gasteiger charge is 2.17. The van der Waals surface area contributed by atoms with Crippen molar-refractivity contribution < 1.29 is 14.5 Å². The summed E-state index contributed by atoms with van der Waals surface area (Å²) < 4.78 is 0. The molecular formula is C15H13ClN4O4. The number of benzene rings is 2. The average molecular weight is 349 g/mol. The van der Waals surface area contributed by atoms with Gasteiger partial charge in [-0.25, -0.2) is 0 Å². The predicted octanol–water partition coefficient (Wildman–Crippen LogP) is 2.06. The highest BCUT2D eigenvalue weighted by Crippen LogP contribution is 2.24. The molecule has 0 aliphatic heterocycles. The minimum absolute atomic E-state index is 0.0368. The summed E-state index contributed by atoms with van der Waals surface area (Å²) >= 11 is 5.82. The Kier molecular flexibility index (Phi) is 5.00. The normalized spacial score (nSPS) is 10.2. The van der Waals surface area contributed by atoms with Crippen molar-refractivity contribution in [1.82, 2.24) is 0 Å². The molecule has 0 unspecified atom stereocenters. The Morgan fingerprint density at radius 1 is 1.12 bits per heavy atom. The molecule has 0 heterocycles. The van der Waals surface area contributed by atoms with Crippen LogP contribution in [0.4, 0.5) is 11.4 Å². The van der Waals surface area contributed by atoms with Gasteiger partial charge in [-0.1, -0.05) is 11.6 Å². The number of carbonyl (C=O) groups is 2. The van der Waals surface area contributed by atoms with E-state index in [1.807, 2.05) is 0 Å². The topological polar surface area (TPSA) is 141 Å². The number of hydrogen-bond acceptors (Lipinski definition) is 5. The number of nitrogens with one attached hydrogen (secondary N) is 1. The molecule has 0 aliphatic rings. The van der Waals surface area contributed by atoms with Crippen LogP contribution in [0.2, 0.25) is 5.02 Å². The minimum atomic E-state index is -0.758. The number of nitro groups is 1. The Morgan fingerprint density at radius 3 is 2.42 bits per heavy atom. The number of anilines is 1. The van der Waals surface area contributed by atoms with Crippen LogP contribution in [0.3, 0.4) is 0 Å². The first kappa shape index (κ1) is 17.2. The second-order valence-electron chi connectivity index (χ2n) is 4.87. The summed E-state index contributed by atoms with van der Waals surface area (Å²) in [5, 5.41) is 14.4. The van der Waals surface area contributed by atoms with Gasteiger partial charge in [-0.15, -0.1) is 0 Å². The van der Waals surface area contributed by atoms with E-state index in [9.17, 15) is 19.7 Å². The first-order valence-corrected chi connectivity index (χ1v) is 7.07. The van der Waals surface area contributed by atoms with E-state index in [0.29, 0.717) is 16.3 Å². The van der Waals surface area contributed by atoms with Crippen LogP contribution in [0.5, 0.6) is 0 Å². The van der Waals surface area contributed by atoms with E-state index in [1.54, 1.807) is 12.1 Å². The number of hydrogen-bond donors (Lipinski definition) is 3. The number of nitrogens with zero attached hydrogens (tertiary/aromatic N) is 1. The number of nitrogens with two attached hydrogens (primary N) is 2. The monoisotopic (exact) mass is 348 g/mol. The molecule has 0 saturated carbocycles. The Bertz CT molecular complexity index is 838. The summed E-state index contributed by atoms with van der Waals surface area (Å²) in [7, 11) is 0. The largest absolute Gasteiger partial charge is 0.380 e. The maximum absolute atomic E-state index is 11.4. The van der Waals surface area contributed by atoms with Crippen LogP contribution >= 0.6 is 11.6 Å². The molecular weight excluding hydrogens is 336 g/mol. The van der Waals surface area contributed by atoms with Crippen molar-refractivity contribution >= 4 is 34.8 Å². The average Bonchev–Trinajstić information content (AvgIpc) is 2.53. The van der Waals surface area contributed by atoms with Gasteiger partial charge in [0.15, 0.2) is 0 Å². The molecule has 0 radical (unpaired) electrons. The van der Waals surface area contributed by atoms with Crippen molar-refractivity contribution in [3.05, 3.63) is 68.2 Å². The van der Waals surface area contributed by atoms with Crippen LogP contribution in [0.15, 0.2) is 36.4 Å². The summed E-state index contributed by atoms with van der Waals surface area (Å²) in [5.41, 5.74) is 11.1. The number of nitro benzene ring substituents is 1. The van der Waals surface area contributed by atoms with Gasteiger partial charge < -0.3 is 16.8 Å². The SMILES string of the molecule is NC(=O)c1ccc(CNc2ccc(Cl)cc2C(N)=O)c([N+](=O)[O-])c1. The van der Waals surface area contributed by atoms with E-state index < -0.39 is 16.7 Å². The van der Waals surface area contributed by atoms with Crippen molar-refractivity contribution in [3.63, 3.8) is 0 Å². The fourth-order valence-corrected chi connectivity index (χ4v) is 2.27. The maximum Gasteiger partial charge on any atom is 0.275 e. The summed E-state index contributed by atoms with van der Waals surface area (Å²) in [6, 6.07) is 8.42. The summed E-state index contributed by atoms with van der Waals surface area (Å²) in [6.07, 6.45) is 0. The molecule has 9 heteroatoms. The molecule has 5 N–H and O–H groups in total. The van der Waals surface area contributed by atoms with Crippen molar-refractivity contribution in [1.29, 1.82) is 0 Å². The van der Waals surface area contributed by atoms with Crippen LogP contribution in [0.25, 0.3) is 0 Å². The second kappa shape index (κ2) is 6.97. The van der Waals surface area contributed by atoms with E-state index in [2.05, 4.69) is 5.32 Å². The van der Waals surface area contributed by atoms with Crippen molar-refractivity contribution in [2.75, 3.05) is 5.32 Å². The number of primary amides is 2. The van der Waals surface area contributed by atoms with E-state index in [4.69, 9.17) is 23.1 Å². The Hall–Kier alpha value is -3.13. The lowest BCUT2D eigenvalue weighted by molar-refractivity contribution is -0.385. The standard InChI is InChI=1S/C15H13ClN4O4/c16-10-3-4-12(11(6-10)15(18)22)19-7-9-2-1-8(14(17)21)5-13(9)20(23)24/h1-6,19H,7H2,(H2,17,21)(H2,18,22). The third-order valence-electron chi connectivity index (χ3n) is 3.28. The van der Waals surface area contributed by atoms with Gasteiger partial charge in [0, 0.05) is 34.4 Å². The van der Waals surface area contributed by atoms with Crippen LogP contribution in [0.1, 0.15) is 26.3 Å². The Labute approximate surface area is 141 Å². The quantitative estimate of drug-likeness (QED) is 0.541. The molecule has 124 valence electrons. The molecule has 0 atom stereocenters. The van der Waals surface area contributed by atoms with Gasteiger partial charge in [0.05, 0.1) is 10.5 Å². The molecule has 8 nitrogen and oxygen atoms in total. The molecule has 2 amide bonds. The third-order valence-corrected chi connectivity index (χ3v) is 3.52. The summed E-state index contributed by atoms with van der Waals surface area (Å²) in [6.45, 7) is 0.0390. The number of halogens is 1. The van der Waals surface area contributed by atoms with Crippen LogP contribution < -0.4 is 16.8 Å². The van der Waals surface area contributed by atoms with Gasteiger partial charge in [-0.05, 0) is 30.3 Å². The van der Waals surface area contributed by atoms with Crippen LogP contribution in [0, 0.1) is 10.1 Å². The zero-order valence-corrected chi connectivity index (χ0v) is 13.0. The van der Waals surface area contributed by atoms with E-state index in [0.717, 1.165) is 6.07 Å². The van der Waals surface area contributed by atoms with Gasteiger partial charge in [0.2, 0.25) is 5.91 Å². The molecule has 0 aliphatic carbocycles. The highest BCUT2D eigenvalue weighted by atomic mass is 35.5. The van der Waals surface area contributed by atoms with Gasteiger partial charge in [-0.3, -0.25) is 19.7 Å². The molecule has 0 saturated heterocycles. The first-order chi connectivity index (χ1) is 11.3. The van der Waals surface area contributed by atoms with Gasteiger partial charge >= 0.3 is 0 Å². The fourth-order valence-electron chi connectivity index (χ4n) is 2.10. The van der Waals surface area contributed by atoms with Crippen molar-refractivity contribution in [2.45, 2.75) is 6.54 Å². The van der Waals surface area contributed by atoms with Crippen LogP contribution in [-0.4, -0.2) is 16.7 Å². The summed E-state index contributed by atoms with van der Waals surface area (Å²) in [5.74, 6) is -1.44. The predicted molar refractivity (Wildman–Crippen MR) is 88.9 cm³/mol. The molecule has 0 fully saturated rings. The lowest BCUT2D eigenvalue weighted by Crippen LogP contribution is -2.15.